The molecule has 0 aliphatic rings. The molecular formula is C9H5BrClFN2O. The Labute approximate surface area is 98.1 Å². The van der Waals surface area contributed by atoms with Crippen LogP contribution in [0.5, 0.6) is 0 Å². The van der Waals surface area contributed by atoms with Gasteiger partial charge in [0, 0.05) is 10.5 Å². The average Bonchev–Trinajstić information content (AvgIpc) is 2.59. The van der Waals surface area contributed by atoms with Gasteiger partial charge in [0.25, 0.3) is 0 Å². The Kier molecular flexibility index (Phi) is 2.67. The quantitative estimate of drug-likeness (QED) is 0.818. The molecule has 1 aromatic heterocycles. The zero-order valence-corrected chi connectivity index (χ0v) is 9.64. The van der Waals surface area contributed by atoms with E-state index in [1.807, 2.05) is 0 Å². The normalized spacial score (nSPS) is 10.6. The Bertz CT molecular complexity index is 515. The van der Waals surface area contributed by atoms with Crippen LogP contribution in [0.2, 0.25) is 5.02 Å². The lowest BCUT2D eigenvalue weighted by atomic mass is 10.1. The van der Waals surface area contributed by atoms with Crippen LogP contribution in [0.15, 0.2) is 27.2 Å². The fourth-order valence-electron chi connectivity index (χ4n) is 1.16. The molecule has 0 saturated carbocycles. The van der Waals surface area contributed by atoms with E-state index in [1.165, 1.54) is 12.1 Å². The second-order valence-electron chi connectivity index (χ2n) is 2.83. The lowest BCUT2D eigenvalue weighted by molar-refractivity contribution is 0.433. The molecule has 2 aromatic rings. The van der Waals surface area contributed by atoms with Crippen molar-refractivity contribution >= 4 is 33.3 Å². The van der Waals surface area contributed by atoms with Gasteiger partial charge in [-0.3, -0.25) is 0 Å². The van der Waals surface area contributed by atoms with Crippen LogP contribution in [0.1, 0.15) is 0 Å². The number of nitrogens with zero attached hydrogens (tertiary/aromatic N) is 1. The fraction of sp³-hybridized carbons (Fsp3) is 0. The molecule has 1 aromatic carbocycles. The first-order chi connectivity index (χ1) is 7.09. The van der Waals surface area contributed by atoms with Crippen LogP contribution < -0.4 is 5.73 Å². The maximum absolute atomic E-state index is 13.7. The number of hydrogen-bond donors (Lipinski definition) is 1. The van der Waals surface area contributed by atoms with Crippen molar-refractivity contribution < 1.29 is 8.91 Å². The molecule has 0 aliphatic carbocycles. The molecule has 0 fully saturated rings. The third-order valence-electron chi connectivity index (χ3n) is 1.82. The second kappa shape index (κ2) is 3.83. The zero-order valence-electron chi connectivity index (χ0n) is 7.30. The van der Waals surface area contributed by atoms with Gasteiger partial charge in [-0.1, -0.05) is 16.8 Å². The third-order valence-corrected chi connectivity index (χ3v) is 2.77. The van der Waals surface area contributed by atoms with Gasteiger partial charge in [0.2, 0.25) is 0 Å². The molecule has 0 atom stereocenters. The monoisotopic (exact) mass is 290 g/mol. The average molecular weight is 292 g/mol. The van der Waals surface area contributed by atoms with Gasteiger partial charge in [0.1, 0.15) is 0 Å². The number of halogens is 3. The zero-order chi connectivity index (χ0) is 11.0. The predicted octanol–water partition coefficient (Wildman–Crippen LogP) is 3.48. The van der Waals surface area contributed by atoms with E-state index in [9.17, 15) is 4.39 Å². The SMILES string of the molecule is Nc1cc(-c2c(Br)ccc(Cl)c2F)on1. The highest BCUT2D eigenvalue weighted by Crippen LogP contribution is 2.35. The number of hydrogen-bond acceptors (Lipinski definition) is 3. The van der Waals surface area contributed by atoms with Gasteiger partial charge in [-0.25, -0.2) is 4.39 Å². The molecule has 0 bridgehead atoms. The summed E-state index contributed by atoms with van der Waals surface area (Å²) in [7, 11) is 0. The molecule has 0 unspecified atom stereocenters. The van der Waals surface area contributed by atoms with E-state index in [1.54, 1.807) is 6.07 Å². The molecule has 6 heteroatoms. The molecule has 0 spiro atoms. The summed E-state index contributed by atoms with van der Waals surface area (Å²) in [6.07, 6.45) is 0. The summed E-state index contributed by atoms with van der Waals surface area (Å²) in [5, 5.41) is 3.49. The highest BCUT2D eigenvalue weighted by atomic mass is 79.9. The molecule has 15 heavy (non-hydrogen) atoms. The maximum atomic E-state index is 13.7. The topological polar surface area (TPSA) is 52.0 Å². The Morgan fingerprint density at radius 3 is 2.80 bits per heavy atom. The number of nitrogens with two attached hydrogens (primary N) is 1. The van der Waals surface area contributed by atoms with E-state index in [0.29, 0.717) is 4.47 Å². The van der Waals surface area contributed by atoms with Crippen LogP contribution in [0.25, 0.3) is 11.3 Å². The van der Waals surface area contributed by atoms with Gasteiger partial charge in [0.15, 0.2) is 17.4 Å². The van der Waals surface area contributed by atoms with Crippen molar-refractivity contribution in [3.05, 3.63) is 33.5 Å². The Balaban J connectivity index is 2.66. The van der Waals surface area contributed by atoms with Gasteiger partial charge >= 0.3 is 0 Å². The first-order valence-electron chi connectivity index (χ1n) is 3.95. The highest BCUT2D eigenvalue weighted by Gasteiger charge is 2.16. The number of anilines is 1. The lowest BCUT2D eigenvalue weighted by Crippen LogP contribution is -1.86. The van der Waals surface area contributed by atoms with Crippen molar-refractivity contribution in [2.45, 2.75) is 0 Å². The van der Waals surface area contributed by atoms with Crippen LogP contribution in [0.3, 0.4) is 0 Å². The smallest absolute Gasteiger partial charge is 0.173 e. The molecule has 2 N–H and O–H groups in total. The molecule has 0 radical (unpaired) electrons. The standard InChI is InChI=1S/C9H5BrClFN2O/c10-4-1-2-5(11)9(12)8(4)6-3-7(13)14-15-6/h1-3H,(H2,13,14). The first-order valence-corrected chi connectivity index (χ1v) is 5.12. The Morgan fingerprint density at radius 2 is 2.20 bits per heavy atom. The van der Waals surface area contributed by atoms with E-state index < -0.39 is 5.82 Å². The van der Waals surface area contributed by atoms with Crippen molar-refractivity contribution in [1.29, 1.82) is 0 Å². The molecule has 3 nitrogen and oxygen atoms in total. The number of rotatable bonds is 1. The third kappa shape index (κ3) is 1.85. The minimum absolute atomic E-state index is 0.0168. The second-order valence-corrected chi connectivity index (χ2v) is 4.10. The van der Waals surface area contributed by atoms with E-state index in [2.05, 4.69) is 21.1 Å². The fourth-order valence-corrected chi connectivity index (χ4v) is 1.82. The summed E-state index contributed by atoms with van der Waals surface area (Å²) >= 11 is 8.85. The van der Waals surface area contributed by atoms with Gasteiger partial charge in [-0.2, -0.15) is 0 Å². The minimum atomic E-state index is -0.567. The predicted molar refractivity (Wildman–Crippen MR) is 59.0 cm³/mol. The van der Waals surface area contributed by atoms with Crippen LogP contribution >= 0.6 is 27.5 Å². The largest absolute Gasteiger partial charge is 0.381 e. The van der Waals surface area contributed by atoms with Gasteiger partial charge in [-0.05, 0) is 28.1 Å². The molecular weight excluding hydrogens is 286 g/mol. The maximum Gasteiger partial charge on any atom is 0.173 e. The highest BCUT2D eigenvalue weighted by molar-refractivity contribution is 9.10. The van der Waals surface area contributed by atoms with Crippen molar-refractivity contribution in [3.8, 4) is 11.3 Å². The van der Waals surface area contributed by atoms with Crippen LogP contribution in [-0.2, 0) is 0 Å². The summed E-state index contributed by atoms with van der Waals surface area (Å²) < 4.78 is 19.1. The molecule has 2 rings (SSSR count). The van der Waals surface area contributed by atoms with Crippen molar-refractivity contribution in [2.24, 2.45) is 0 Å². The van der Waals surface area contributed by atoms with Crippen LogP contribution in [0, 0.1) is 5.82 Å². The summed E-state index contributed by atoms with van der Waals surface area (Å²) in [5.41, 5.74) is 5.59. The Morgan fingerprint density at radius 1 is 1.47 bits per heavy atom. The summed E-state index contributed by atoms with van der Waals surface area (Å²) in [6, 6.07) is 4.50. The van der Waals surface area contributed by atoms with E-state index in [4.69, 9.17) is 21.9 Å². The molecule has 0 aliphatic heterocycles. The Hall–Kier alpha value is -1.07. The molecule has 78 valence electrons. The summed E-state index contributed by atoms with van der Waals surface area (Å²) in [4.78, 5) is 0. The summed E-state index contributed by atoms with van der Waals surface area (Å²) in [5.74, 6) is -0.141. The molecule has 1 heterocycles. The first kappa shape index (κ1) is 10.4. The number of aromatic nitrogens is 1. The number of nitrogen functional groups attached to an aromatic ring is 1. The van der Waals surface area contributed by atoms with Crippen molar-refractivity contribution in [3.63, 3.8) is 0 Å². The van der Waals surface area contributed by atoms with Crippen LogP contribution in [0.4, 0.5) is 10.2 Å². The number of benzene rings is 1. The molecule has 0 amide bonds. The van der Waals surface area contributed by atoms with Crippen molar-refractivity contribution in [2.75, 3.05) is 5.73 Å². The lowest BCUT2D eigenvalue weighted by Gasteiger charge is -2.02. The van der Waals surface area contributed by atoms with Gasteiger partial charge in [-0.15, -0.1) is 0 Å². The van der Waals surface area contributed by atoms with Crippen LogP contribution in [-0.4, -0.2) is 5.16 Å². The molecule has 0 saturated heterocycles. The summed E-state index contributed by atoms with van der Waals surface area (Å²) in [6.45, 7) is 0. The van der Waals surface area contributed by atoms with Gasteiger partial charge < -0.3 is 10.3 Å². The van der Waals surface area contributed by atoms with E-state index in [-0.39, 0.29) is 22.2 Å². The van der Waals surface area contributed by atoms with Gasteiger partial charge in [0.05, 0.1) is 10.6 Å². The van der Waals surface area contributed by atoms with E-state index in [0.717, 1.165) is 0 Å². The minimum Gasteiger partial charge on any atom is -0.381 e. The van der Waals surface area contributed by atoms with E-state index >= 15 is 0 Å². The van der Waals surface area contributed by atoms with Crippen molar-refractivity contribution in [1.82, 2.24) is 5.16 Å².